The van der Waals surface area contributed by atoms with Gasteiger partial charge in [-0.3, -0.25) is 14.8 Å². The van der Waals surface area contributed by atoms with Crippen LogP contribution in [0.1, 0.15) is 37.7 Å². The van der Waals surface area contributed by atoms with Crippen molar-refractivity contribution < 1.29 is 13.2 Å². The number of nitrogens with one attached hydrogen (secondary N) is 1. The van der Waals surface area contributed by atoms with Crippen LogP contribution in [0.4, 0.5) is 0 Å². The maximum absolute atomic E-state index is 13.2. The van der Waals surface area contributed by atoms with Crippen LogP contribution < -0.4 is 5.32 Å². The van der Waals surface area contributed by atoms with Gasteiger partial charge < -0.3 is 5.32 Å². The molecule has 1 aliphatic carbocycles. The molecule has 2 fully saturated rings. The van der Waals surface area contributed by atoms with Crippen LogP contribution in [0.2, 0.25) is 0 Å². The lowest BCUT2D eigenvalue weighted by molar-refractivity contribution is -0.128. The Bertz CT molecular complexity index is 944. The van der Waals surface area contributed by atoms with Crippen LogP contribution in [0, 0.1) is 11.3 Å². The molecule has 0 unspecified atom stereocenters. The summed E-state index contributed by atoms with van der Waals surface area (Å²) in [7, 11) is -3.67. The first kappa shape index (κ1) is 20.0. The summed E-state index contributed by atoms with van der Waals surface area (Å²) in [5, 5.41) is 3.02. The fraction of sp³-hybridized carbons (Fsp3) is 0.476. The summed E-state index contributed by atoms with van der Waals surface area (Å²) in [6, 6.07) is 6.92. The Morgan fingerprint density at radius 1 is 1.10 bits per heavy atom. The van der Waals surface area contributed by atoms with Gasteiger partial charge in [0.1, 0.15) is 4.90 Å². The number of hydrogen-bond donors (Lipinski definition) is 1. The number of nitrogens with zero attached hydrogens (tertiary/aromatic N) is 3. The summed E-state index contributed by atoms with van der Waals surface area (Å²) in [5.41, 5.74) is 0.694. The minimum atomic E-state index is -3.67. The monoisotopic (exact) mass is 414 g/mol. The highest BCUT2D eigenvalue weighted by atomic mass is 32.2. The average Bonchev–Trinajstić information content (AvgIpc) is 3.13. The van der Waals surface area contributed by atoms with Gasteiger partial charge >= 0.3 is 0 Å². The zero-order valence-electron chi connectivity index (χ0n) is 16.3. The second-order valence-corrected chi connectivity index (χ2v) is 9.97. The van der Waals surface area contributed by atoms with Crippen LogP contribution in [0.25, 0.3) is 0 Å². The van der Waals surface area contributed by atoms with Crippen LogP contribution in [-0.2, 0) is 21.4 Å². The molecule has 4 rings (SSSR count). The Hall–Kier alpha value is -2.32. The van der Waals surface area contributed by atoms with Gasteiger partial charge in [-0.15, -0.1) is 0 Å². The van der Waals surface area contributed by atoms with Crippen LogP contribution >= 0.6 is 0 Å². The summed E-state index contributed by atoms with van der Waals surface area (Å²) in [6.07, 6.45) is 11.3. The molecule has 1 spiro atoms. The zero-order chi connectivity index (χ0) is 20.3. The minimum absolute atomic E-state index is 0.0624. The Morgan fingerprint density at radius 3 is 2.55 bits per heavy atom. The predicted octanol–water partition coefficient (Wildman–Crippen LogP) is 2.36. The molecular weight excluding hydrogens is 388 g/mol. The zero-order valence-corrected chi connectivity index (χ0v) is 17.1. The van der Waals surface area contributed by atoms with E-state index < -0.39 is 10.0 Å². The van der Waals surface area contributed by atoms with Gasteiger partial charge in [0.05, 0.1) is 5.92 Å². The van der Waals surface area contributed by atoms with E-state index in [1.54, 1.807) is 30.7 Å². The van der Waals surface area contributed by atoms with Gasteiger partial charge in [0, 0.05) is 44.4 Å². The van der Waals surface area contributed by atoms with Crippen LogP contribution in [0.3, 0.4) is 0 Å². The lowest BCUT2D eigenvalue weighted by Gasteiger charge is -2.37. The van der Waals surface area contributed by atoms with Gasteiger partial charge in [-0.25, -0.2) is 8.42 Å². The molecule has 1 aliphatic heterocycles. The molecule has 2 aromatic heterocycles. The third-order valence-electron chi connectivity index (χ3n) is 6.27. The number of pyridine rings is 2. The molecule has 154 valence electrons. The summed E-state index contributed by atoms with van der Waals surface area (Å²) in [5.74, 6) is -0.399. The maximum Gasteiger partial charge on any atom is 0.244 e. The van der Waals surface area contributed by atoms with Gasteiger partial charge in [-0.05, 0) is 48.1 Å². The smallest absolute Gasteiger partial charge is 0.244 e. The van der Waals surface area contributed by atoms with E-state index in [1.807, 2.05) is 12.1 Å². The topological polar surface area (TPSA) is 92.3 Å². The Balaban J connectivity index is 1.55. The normalized spacial score (nSPS) is 21.9. The van der Waals surface area contributed by atoms with Gasteiger partial charge in [-0.2, -0.15) is 4.31 Å². The second kappa shape index (κ2) is 8.20. The van der Waals surface area contributed by atoms with E-state index in [2.05, 4.69) is 15.3 Å². The molecule has 0 bridgehead atoms. The first-order valence-corrected chi connectivity index (χ1v) is 11.5. The van der Waals surface area contributed by atoms with E-state index in [4.69, 9.17) is 0 Å². The molecule has 1 atom stereocenters. The van der Waals surface area contributed by atoms with Gasteiger partial charge in [0.15, 0.2) is 0 Å². The number of aromatic nitrogens is 2. The first-order chi connectivity index (χ1) is 14.0. The van der Waals surface area contributed by atoms with E-state index in [0.717, 1.165) is 37.7 Å². The van der Waals surface area contributed by atoms with Gasteiger partial charge in [0.25, 0.3) is 0 Å². The van der Waals surface area contributed by atoms with Crippen LogP contribution in [0.5, 0.6) is 0 Å². The largest absolute Gasteiger partial charge is 0.352 e. The van der Waals surface area contributed by atoms with Gasteiger partial charge in [0.2, 0.25) is 15.9 Å². The van der Waals surface area contributed by atoms with Crippen molar-refractivity contribution in [1.82, 2.24) is 19.6 Å². The summed E-state index contributed by atoms with van der Waals surface area (Å²) in [4.78, 5) is 21.3. The maximum atomic E-state index is 13.2. The Kier molecular flexibility index (Phi) is 5.65. The molecule has 3 heterocycles. The van der Waals surface area contributed by atoms with E-state index in [9.17, 15) is 13.2 Å². The highest BCUT2D eigenvalue weighted by Crippen LogP contribution is 2.48. The molecule has 2 aliphatic rings. The van der Waals surface area contributed by atoms with Crippen LogP contribution in [-0.4, -0.2) is 41.7 Å². The third-order valence-corrected chi connectivity index (χ3v) is 8.07. The molecule has 0 aromatic carbocycles. The number of carbonyl (C=O) groups is 1. The van der Waals surface area contributed by atoms with Crippen LogP contribution in [0.15, 0.2) is 53.9 Å². The van der Waals surface area contributed by atoms with Crippen molar-refractivity contribution in [2.24, 2.45) is 11.3 Å². The highest BCUT2D eigenvalue weighted by molar-refractivity contribution is 7.89. The summed E-state index contributed by atoms with van der Waals surface area (Å²) >= 11 is 0. The van der Waals surface area contributed by atoms with Crippen molar-refractivity contribution in [1.29, 1.82) is 0 Å². The second-order valence-electron chi connectivity index (χ2n) is 8.04. The van der Waals surface area contributed by atoms with Crippen molar-refractivity contribution in [3.8, 4) is 0 Å². The molecule has 1 saturated carbocycles. The van der Waals surface area contributed by atoms with Crippen molar-refractivity contribution >= 4 is 15.9 Å². The quantitative estimate of drug-likeness (QED) is 0.811. The van der Waals surface area contributed by atoms with Crippen molar-refractivity contribution in [2.45, 2.75) is 43.5 Å². The number of rotatable bonds is 5. The number of amides is 1. The fourth-order valence-electron chi connectivity index (χ4n) is 4.69. The molecule has 2 aromatic rings. The third kappa shape index (κ3) is 4.04. The lowest BCUT2D eigenvalue weighted by atomic mass is 9.67. The molecule has 0 radical (unpaired) electrons. The van der Waals surface area contributed by atoms with Crippen molar-refractivity contribution in [2.75, 3.05) is 13.1 Å². The van der Waals surface area contributed by atoms with E-state index >= 15 is 0 Å². The first-order valence-electron chi connectivity index (χ1n) is 10.1. The summed E-state index contributed by atoms with van der Waals surface area (Å²) < 4.78 is 27.8. The lowest BCUT2D eigenvalue weighted by Crippen LogP contribution is -2.42. The Morgan fingerprint density at radius 2 is 1.86 bits per heavy atom. The average molecular weight is 415 g/mol. The van der Waals surface area contributed by atoms with E-state index in [1.165, 1.54) is 10.5 Å². The molecule has 1 N–H and O–H groups in total. The van der Waals surface area contributed by atoms with E-state index in [-0.39, 0.29) is 28.7 Å². The Labute approximate surface area is 171 Å². The summed E-state index contributed by atoms with van der Waals surface area (Å²) in [6.45, 7) is 1.04. The molecule has 8 heteroatoms. The number of carbonyl (C=O) groups excluding carboxylic acids is 1. The SMILES string of the molecule is O=C(NCc1ccncc1)[C@@H]1CN(S(=O)(=O)c2cccnc2)CC12CCCCC2. The van der Waals surface area contributed by atoms with Crippen molar-refractivity contribution in [3.05, 3.63) is 54.6 Å². The predicted molar refractivity (Wildman–Crippen MR) is 108 cm³/mol. The fourth-order valence-corrected chi connectivity index (χ4v) is 6.21. The number of hydrogen-bond acceptors (Lipinski definition) is 5. The molecule has 1 saturated heterocycles. The van der Waals surface area contributed by atoms with Gasteiger partial charge in [-0.1, -0.05) is 19.3 Å². The van der Waals surface area contributed by atoms with E-state index in [0.29, 0.717) is 13.1 Å². The minimum Gasteiger partial charge on any atom is -0.352 e. The standard InChI is InChI=1S/C21H26N4O3S/c26-20(24-13-17-6-11-22-12-7-17)19-15-25(16-21(19)8-2-1-3-9-21)29(27,28)18-5-4-10-23-14-18/h4-7,10-12,14,19H,1-3,8-9,13,15-16H2,(H,24,26)/t19-/m0/s1. The highest BCUT2D eigenvalue weighted by Gasteiger charge is 2.53. The molecular formula is C21H26N4O3S. The molecule has 1 amide bonds. The van der Waals surface area contributed by atoms with Crippen molar-refractivity contribution in [3.63, 3.8) is 0 Å². The molecule has 7 nitrogen and oxygen atoms in total. The molecule has 29 heavy (non-hydrogen) atoms. The number of sulfonamides is 1.